The minimum absolute atomic E-state index is 0.110. The summed E-state index contributed by atoms with van der Waals surface area (Å²) >= 11 is 6.30. The Hall–Kier alpha value is -1.07. The fourth-order valence-electron chi connectivity index (χ4n) is 0.757. The van der Waals surface area contributed by atoms with E-state index in [0.717, 1.165) is 11.3 Å². The van der Waals surface area contributed by atoms with Crippen LogP contribution in [0.5, 0.6) is 0 Å². The number of carboxylic acids is 1. The number of aromatic carboxylic acids is 1. The fourth-order valence-corrected chi connectivity index (χ4v) is 1.51. The average molecular weight is 220 g/mol. The van der Waals surface area contributed by atoms with Crippen molar-refractivity contribution in [3.8, 4) is 0 Å². The lowest BCUT2D eigenvalue weighted by molar-refractivity contribution is -0.113. The second-order valence-electron chi connectivity index (χ2n) is 2.15. The molecule has 1 aromatic heterocycles. The zero-order valence-electron chi connectivity index (χ0n) is 6.41. The van der Waals surface area contributed by atoms with Gasteiger partial charge in [-0.1, -0.05) is 0 Å². The normalized spacial score (nSPS) is 9.62. The van der Waals surface area contributed by atoms with Crippen molar-refractivity contribution in [2.45, 2.75) is 0 Å². The van der Waals surface area contributed by atoms with E-state index >= 15 is 0 Å². The van der Waals surface area contributed by atoms with Crippen molar-refractivity contribution in [1.82, 2.24) is 0 Å². The van der Waals surface area contributed by atoms with Crippen molar-refractivity contribution in [2.75, 3.05) is 11.2 Å². The van der Waals surface area contributed by atoms with Gasteiger partial charge >= 0.3 is 5.97 Å². The number of hydrogen-bond donors (Lipinski definition) is 2. The number of alkyl halides is 1. The number of rotatable bonds is 3. The number of nitrogens with one attached hydrogen (secondary N) is 1. The van der Waals surface area contributed by atoms with Crippen LogP contribution >= 0.6 is 22.9 Å². The van der Waals surface area contributed by atoms with Crippen molar-refractivity contribution < 1.29 is 14.7 Å². The molecule has 0 atom stereocenters. The van der Waals surface area contributed by atoms with Crippen molar-refractivity contribution >= 4 is 40.5 Å². The highest BCUT2D eigenvalue weighted by Crippen LogP contribution is 2.21. The molecule has 0 unspecified atom stereocenters. The van der Waals surface area contributed by atoms with E-state index in [4.69, 9.17) is 16.7 Å². The standard InChI is InChI=1S/C7H6ClNO3S/c8-3-5(10)9-4-1-2-13-6(4)7(11)12/h1-2H,3H2,(H,9,10)(H,11,12). The number of thiophene rings is 1. The molecule has 1 rings (SSSR count). The first-order valence-corrected chi connectivity index (χ1v) is 4.73. The van der Waals surface area contributed by atoms with E-state index in [1.807, 2.05) is 0 Å². The number of carboxylic acid groups (broad SMARTS) is 1. The first kappa shape index (κ1) is 10.0. The molecule has 0 spiro atoms. The summed E-state index contributed by atoms with van der Waals surface area (Å²) in [5.74, 6) is -1.66. The summed E-state index contributed by atoms with van der Waals surface area (Å²) in [4.78, 5) is 21.5. The molecule has 0 aliphatic heterocycles. The minimum atomic E-state index is -1.06. The summed E-state index contributed by atoms with van der Waals surface area (Å²) in [6.45, 7) is 0. The highest BCUT2D eigenvalue weighted by Gasteiger charge is 2.12. The van der Waals surface area contributed by atoms with Crippen LogP contribution in [0.3, 0.4) is 0 Å². The number of halogens is 1. The minimum Gasteiger partial charge on any atom is -0.477 e. The van der Waals surface area contributed by atoms with Crippen LogP contribution in [-0.2, 0) is 4.79 Å². The van der Waals surface area contributed by atoms with Crippen LogP contribution in [0.2, 0.25) is 0 Å². The predicted molar refractivity (Wildman–Crippen MR) is 50.6 cm³/mol. The topological polar surface area (TPSA) is 66.4 Å². The van der Waals surface area contributed by atoms with E-state index in [0.29, 0.717) is 5.69 Å². The van der Waals surface area contributed by atoms with Crippen LogP contribution in [0.15, 0.2) is 11.4 Å². The third kappa shape index (κ3) is 2.43. The van der Waals surface area contributed by atoms with Crippen molar-refractivity contribution in [3.63, 3.8) is 0 Å². The van der Waals surface area contributed by atoms with Crippen molar-refractivity contribution in [3.05, 3.63) is 16.3 Å². The molecule has 0 radical (unpaired) electrons. The Morgan fingerprint density at radius 2 is 2.31 bits per heavy atom. The molecule has 0 bridgehead atoms. The Bertz CT molecular complexity index is 336. The third-order valence-corrected chi connectivity index (χ3v) is 2.40. The molecule has 70 valence electrons. The zero-order valence-corrected chi connectivity index (χ0v) is 7.98. The van der Waals surface area contributed by atoms with E-state index in [-0.39, 0.29) is 10.8 Å². The van der Waals surface area contributed by atoms with Gasteiger partial charge in [0, 0.05) is 0 Å². The molecule has 13 heavy (non-hydrogen) atoms. The van der Waals surface area contributed by atoms with Crippen LogP contribution in [-0.4, -0.2) is 22.9 Å². The molecule has 4 nitrogen and oxygen atoms in total. The zero-order chi connectivity index (χ0) is 9.84. The van der Waals surface area contributed by atoms with Gasteiger partial charge in [0.15, 0.2) is 0 Å². The summed E-state index contributed by atoms with van der Waals surface area (Å²) in [5.41, 5.74) is 0.295. The second-order valence-corrected chi connectivity index (χ2v) is 3.33. The van der Waals surface area contributed by atoms with Crippen LogP contribution in [0, 0.1) is 0 Å². The van der Waals surface area contributed by atoms with Gasteiger partial charge < -0.3 is 10.4 Å². The molecule has 0 saturated carbocycles. The van der Waals surface area contributed by atoms with E-state index in [1.165, 1.54) is 6.07 Å². The van der Waals surface area contributed by atoms with Gasteiger partial charge in [-0.2, -0.15) is 0 Å². The molecular weight excluding hydrogens is 214 g/mol. The Labute approximate surface area is 83.1 Å². The Morgan fingerprint density at radius 1 is 1.62 bits per heavy atom. The molecule has 0 aliphatic rings. The Balaban J connectivity index is 2.82. The van der Waals surface area contributed by atoms with Gasteiger partial charge in [0.1, 0.15) is 10.8 Å². The fraction of sp³-hybridized carbons (Fsp3) is 0.143. The SMILES string of the molecule is O=C(CCl)Nc1ccsc1C(=O)O. The number of amides is 1. The monoisotopic (exact) mass is 219 g/mol. The smallest absolute Gasteiger partial charge is 0.348 e. The van der Waals surface area contributed by atoms with Crippen LogP contribution in [0.25, 0.3) is 0 Å². The summed E-state index contributed by atoms with van der Waals surface area (Å²) in [6, 6.07) is 1.53. The highest BCUT2D eigenvalue weighted by atomic mass is 35.5. The second kappa shape index (κ2) is 4.25. The lowest BCUT2D eigenvalue weighted by Gasteiger charge is -2.00. The van der Waals surface area contributed by atoms with Crippen LogP contribution < -0.4 is 5.32 Å². The molecule has 1 amide bonds. The maximum atomic E-state index is 10.8. The van der Waals surface area contributed by atoms with Gasteiger partial charge in [-0.15, -0.1) is 22.9 Å². The third-order valence-electron chi connectivity index (χ3n) is 1.25. The molecule has 0 fully saturated rings. The summed E-state index contributed by atoms with van der Waals surface area (Å²) in [7, 11) is 0. The molecule has 0 aromatic carbocycles. The molecule has 1 aromatic rings. The van der Waals surface area contributed by atoms with Gasteiger partial charge in [-0.3, -0.25) is 4.79 Å². The first-order valence-electron chi connectivity index (χ1n) is 3.31. The number of hydrogen-bond acceptors (Lipinski definition) is 3. The van der Waals surface area contributed by atoms with Gasteiger partial charge in [-0.05, 0) is 11.4 Å². The highest BCUT2D eigenvalue weighted by molar-refractivity contribution is 7.12. The summed E-state index contributed by atoms with van der Waals surface area (Å²) in [5, 5.41) is 12.6. The lowest BCUT2D eigenvalue weighted by atomic mass is 10.4. The Morgan fingerprint density at radius 3 is 2.85 bits per heavy atom. The van der Waals surface area contributed by atoms with Gasteiger partial charge in [0.05, 0.1) is 5.69 Å². The lowest BCUT2D eigenvalue weighted by Crippen LogP contribution is -2.13. The Kier molecular flexibility index (Phi) is 3.27. The number of anilines is 1. The maximum Gasteiger partial charge on any atom is 0.348 e. The molecular formula is C7H6ClNO3S. The van der Waals surface area contributed by atoms with Crippen molar-refractivity contribution in [2.24, 2.45) is 0 Å². The predicted octanol–water partition coefficient (Wildman–Crippen LogP) is 1.62. The molecule has 0 aliphatic carbocycles. The van der Waals surface area contributed by atoms with E-state index < -0.39 is 11.9 Å². The number of carbonyl (C=O) groups is 2. The van der Waals surface area contributed by atoms with E-state index in [9.17, 15) is 9.59 Å². The van der Waals surface area contributed by atoms with Crippen LogP contribution in [0.1, 0.15) is 9.67 Å². The molecule has 2 N–H and O–H groups in total. The molecule has 1 heterocycles. The quantitative estimate of drug-likeness (QED) is 0.760. The molecule has 0 saturated heterocycles. The van der Waals surface area contributed by atoms with E-state index in [2.05, 4.69) is 5.32 Å². The van der Waals surface area contributed by atoms with Crippen LogP contribution in [0.4, 0.5) is 5.69 Å². The average Bonchev–Trinajstić information content (AvgIpc) is 2.52. The van der Waals surface area contributed by atoms with Gasteiger partial charge in [0.2, 0.25) is 5.91 Å². The maximum absolute atomic E-state index is 10.8. The number of carbonyl (C=O) groups excluding carboxylic acids is 1. The van der Waals surface area contributed by atoms with Gasteiger partial charge in [-0.25, -0.2) is 4.79 Å². The first-order chi connectivity index (χ1) is 6.15. The molecule has 6 heteroatoms. The van der Waals surface area contributed by atoms with E-state index in [1.54, 1.807) is 5.38 Å². The largest absolute Gasteiger partial charge is 0.477 e. The van der Waals surface area contributed by atoms with Crippen molar-refractivity contribution in [1.29, 1.82) is 0 Å². The summed E-state index contributed by atoms with van der Waals surface area (Å²) < 4.78 is 0. The van der Waals surface area contributed by atoms with Gasteiger partial charge in [0.25, 0.3) is 0 Å². The summed E-state index contributed by atoms with van der Waals surface area (Å²) in [6.07, 6.45) is 0.